The molecule has 1 aliphatic rings. The van der Waals surface area contributed by atoms with Gasteiger partial charge in [-0.2, -0.15) is 0 Å². The molecule has 3 amide bonds. The molecule has 2 rings (SSSR count). The number of phenolic OH excluding ortho intramolecular Hbond substituents is 1. The second-order valence-corrected chi connectivity index (χ2v) is 4.97. The normalized spacial score (nSPS) is 15.5. The van der Waals surface area contributed by atoms with Gasteiger partial charge in [0.05, 0.1) is 0 Å². The largest absolute Gasteiger partial charge is 0.508 e. The number of rotatable bonds is 2. The van der Waals surface area contributed by atoms with E-state index in [0.717, 1.165) is 0 Å². The Labute approximate surface area is 121 Å². The molecule has 0 atom stereocenters. The standard InChI is InChI=1S/C14H17N3O4/c15-12(19)9-5-7-17(8-6-9)14(21)13(20)16-10-1-3-11(18)4-2-10/h1-4,9,18H,5-8H2,(H2,15,19)(H,16,20). The number of nitrogens with zero attached hydrogens (tertiary/aromatic N) is 1. The van der Waals surface area contributed by atoms with E-state index in [2.05, 4.69) is 5.32 Å². The molecule has 1 aromatic carbocycles. The predicted octanol–water partition coefficient (Wildman–Crippen LogP) is 0.0546. The molecular formula is C14H17N3O4. The number of anilines is 1. The van der Waals surface area contributed by atoms with Crippen molar-refractivity contribution in [1.29, 1.82) is 0 Å². The molecule has 1 aromatic rings. The molecule has 0 aromatic heterocycles. The number of primary amides is 1. The Morgan fingerprint density at radius 1 is 1.14 bits per heavy atom. The van der Waals surface area contributed by atoms with Gasteiger partial charge in [0, 0.05) is 24.7 Å². The van der Waals surface area contributed by atoms with Gasteiger partial charge >= 0.3 is 11.8 Å². The second-order valence-electron chi connectivity index (χ2n) is 4.97. The molecule has 21 heavy (non-hydrogen) atoms. The summed E-state index contributed by atoms with van der Waals surface area (Å²) in [6, 6.07) is 5.83. The van der Waals surface area contributed by atoms with Crippen molar-refractivity contribution < 1.29 is 19.5 Å². The summed E-state index contributed by atoms with van der Waals surface area (Å²) in [5.41, 5.74) is 5.65. The SMILES string of the molecule is NC(=O)C1CCN(C(=O)C(=O)Nc2ccc(O)cc2)CC1. The highest BCUT2D eigenvalue weighted by Crippen LogP contribution is 2.17. The lowest BCUT2D eigenvalue weighted by molar-refractivity contribution is -0.144. The Hall–Kier alpha value is -2.57. The minimum Gasteiger partial charge on any atom is -0.508 e. The van der Waals surface area contributed by atoms with Gasteiger partial charge in [0.1, 0.15) is 5.75 Å². The average Bonchev–Trinajstić information content (AvgIpc) is 2.49. The molecule has 1 heterocycles. The summed E-state index contributed by atoms with van der Waals surface area (Å²) in [6.07, 6.45) is 0.959. The van der Waals surface area contributed by atoms with Crippen molar-refractivity contribution in [3.05, 3.63) is 24.3 Å². The zero-order valence-electron chi connectivity index (χ0n) is 11.4. The molecule has 0 saturated carbocycles. The third kappa shape index (κ3) is 3.71. The number of benzene rings is 1. The lowest BCUT2D eigenvalue weighted by atomic mass is 9.96. The van der Waals surface area contributed by atoms with Gasteiger partial charge in [0.2, 0.25) is 5.91 Å². The van der Waals surface area contributed by atoms with Crippen LogP contribution in [0.25, 0.3) is 0 Å². The first-order chi connectivity index (χ1) is 9.97. The van der Waals surface area contributed by atoms with Crippen molar-refractivity contribution in [3.63, 3.8) is 0 Å². The van der Waals surface area contributed by atoms with E-state index in [-0.39, 0.29) is 17.6 Å². The predicted molar refractivity (Wildman–Crippen MR) is 75.2 cm³/mol. The third-order valence-electron chi connectivity index (χ3n) is 3.50. The van der Waals surface area contributed by atoms with Crippen molar-refractivity contribution in [3.8, 4) is 5.75 Å². The van der Waals surface area contributed by atoms with Crippen LogP contribution in [-0.2, 0) is 14.4 Å². The summed E-state index contributed by atoms with van der Waals surface area (Å²) < 4.78 is 0. The Morgan fingerprint density at radius 3 is 2.24 bits per heavy atom. The van der Waals surface area contributed by atoms with Gasteiger partial charge in [-0.05, 0) is 37.1 Å². The van der Waals surface area contributed by atoms with E-state index in [1.54, 1.807) is 0 Å². The molecule has 1 fully saturated rings. The number of aromatic hydroxyl groups is 1. The summed E-state index contributed by atoms with van der Waals surface area (Å²) in [4.78, 5) is 36.3. The number of likely N-dealkylation sites (tertiary alicyclic amines) is 1. The summed E-state index contributed by atoms with van der Waals surface area (Å²) in [5, 5.41) is 11.6. The van der Waals surface area contributed by atoms with Gasteiger partial charge < -0.3 is 21.1 Å². The van der Waals surface area contributed by atoms with Crippen molar-refractivity contribution in [2.45, 2.75) is 12.8 Å². The van der Waals surface area contributed by atoms with Crippen LogP contribution in [0.15, 0.2) is 24.3 Å². The van der Waals surface area contributed by atoms with Crippen LogP contribution in [0.2, 0.25) is 0 Å². The highest BCUT2D eigenvalue weighted by Gasteiger charge is 2.29. The zero-order chi connectivity index (χ0) is 15.4. The van der Waals surface area contributed by atoms with E-state index in [0.29, 0.717) is 31.6 Å². The fourth-order valence-corrected chi connectivity index (χ4v) is 2.24. The van der Waals surface area contributed by atoms with Crippen LogP contribution < -0.4 is 11.1 Å². The fourth-order valence-electron chi connectivity index (χ4n) is 2.24. The molecule has 7 heteroatoms. The smallest absolute Gasteiger partial charge is 0.313 e. The highest BCUT2D eigenvalue weighted by molar-refractivity contribution is 6.39. The Morgan fingerprint density at radius 2 is 1.71 bits per heavy atom. The number of nitrogens with one attached hydrogen (secondary N) is 1. The summed E-state index contributed by atoms with van der Waals surface area (Å²) in [6.45, 7) is 0.685. The van der Waals surface area contributed by atoms with Gasteiger partial charge in [-0.3, -0.25) is 14.4 Å². The van der Waals surface area contributed by atoms with E-state index in [4.69, 9.17) is 10.8 Å². The number of phenols is 1. The average molecular weight is 291 g/mol. The second kappa shape index (κ2) is 6.25. The highest BCUT2D eigenvalue weighted by atomic mass is 16.3. The number of amides is 3. The van der Waals surface area contributed by atoms with E-state index in [1.165, 1.54) is 29.2 Å². The first kappa shape index (κ1) is 14.8. The van der Waals surface area contributed by atoms with Crippen LogP contribution in [0.5, 0.6) is 5.75 Å². The van der Waals surface area contributed by atoms with Gasteiger partial charge in [-0.15, -0.1) is 0 Å². The number of hydrogen-bond donors (Lipinski definition) is 3. The zero-order valence-corrected chi connectivity index (χ0v) is 11.4. The number of carbonyl (C=O) groups excluding carboxylic acids is 3. The number of nitrogens with two attached hydrogens (primary N) is 1. The van der Waals surface area contributed by atoms with Crippen LogP contribution in [-0.4, -0.2) is 40.8 Å². The minimum absolute atomic E-state index is 0.0767. The van der Waals surface area contributed by atoms with Crippen molar-refractivity contribution in [1.82, 2.24) is 4.90 Å². The van der Waals surface area contributed by atoms with Crippen LogP contribution in [0.4, 0.5) is 5.69 Å². The number of carbonyl (C=O) groups is 3. The molecule has 0 aliphatic carbocycles. The first-order valence-electron chi connectivity index (χ1n) is 6.66. The van der Waals surface area contributed by atoms with Gasteiger partial charge in [-0.1, -0.05) is 0 Å². The van der Waals surface area contributed by atoms with Crippen LogP contribution >= 0.6 is 0 Å². The molecule has 1 aliphatic heterocycles. The Kier molecular flexibility index (Phi) is 4.42. The Bertz CT molecular complexity index is 548. The first-order valence-corrected chi connectivity index (χ1v) is 6.66. The quantitative estimate of drug-likeness (QED) is 0.528. The molecule has 112 valence electrons. The molecule has 0 unspecified atom stereocenters. The molecule has 4 N–H and O–H groups in total. The fraction of sp³-hybridized carbons (Fsp3) is 0.357. The summed E-state index contributed by atoms with van der Waals surface area (Å²) in [5.74, 6) is -1.89. The lowest BCUT2D eigenvalue weighted by Gasteiger charge is -2.29. The van der Waals surface area contributed by atoms with Gasteiger partial charge in [0.25, 0.3) is 0 Å². The monoisotopic (exact) mass is 291 g/mol. The number of piperidine rings is 1. The molecule has 0 bridgehead atoms. The topological polar surface area (TPSA) is 113 Å². The maximum absolute atomic E-state index is 12.0. The van der Waals surface area contributed by atoms with E-state index in [9.17, 15) is 14.4 Å². The lowest BCUT2D eigenvalue weighted by Crippen LogP contribution is -2.46. The van der Waals surface area contributed by atoms with E-state index < -0.39 is 11.8 Å². The maximum atomic E-state index is 12.0. The van der Waals surface area contributed by atoms with Crippen LogP contribution in [0, 0.1) is 5.92 Å². The van der Waals surface area contributed by atoms with Gasteiger partial charge in [-0.25, -0.2) is 0 Å². The van der Waals surface area contributed by atoms with Crippen molar-refractivity contribution >= 4 is 23.4 Å². The van der Waals surface area contributed by atoms with E-state index >= 15 is 0 Å². The van der Waals surface area contributed by atoms with E-state index in [1.807, 2.05) is 0 Å². The summed E-state index contributed by atoms with van der Waals surface area (Å²) >= 11 is 0. The van der Waals surface area contributed by atoms with Crippen LogP contribution in [0.3, 0.4) is 0 Å². The van der Waals surface area contributed by atoms with Crippen molar-refractivity contribution in [2.24, 2.45) is 11.7 Å². The van der Waals surface area contributed by atoms with Crippen molar-refractivity contribution in [2.75, 3.05) is 18.4 Å². The van der Waals surface area contributed by atoms with Crippen LogP contribution in [0.1, 0.15) is 12.8 Å². The number of hydrogen-bond acceptors (Lipinski definition) is 4. The Balaban J connectivity index is 1.90. The molecule has 1 saturated heterocycles. The molecular weight excluding hydrogens is 274 g/mol. The molecule has 0 radical (unpaired) electrons. The molecule has 0 spiro atoms. The maximum Gasteiger partial charge on any atom is 0.313 e. The third-order valence-corrected chi connectivity index (χ3v) is 3.50. The minimum atomic E-state index is -0.738. The molecule has 7 nitrogen and oxygen atoms in total. The van der Waals surface area contributed by atoms with Gasteiger partial charge in [0.15, 0.2) is 0 Å². The summed E-state index contributed by atoms with van der Waals surface area (Å²) in [7, 11) is 0.